The maximum absolute atomic E-state index is 10.4. The predicted octanol–water partition coefficient (Wildman–Crippen LogP) is 0.292. The van der Waals surface area contributed by atoms with Gasteiger partial charge in [-0.2, -0.15) is 0 Å². The molecule has 0 saturated carbocycles. The summed E-state index contributed by atoms with van der Waals surface area (Å²) in [6.45, 7) is 6.13. The number of amides is 2. The molecule has 0 aromatic carbocycles. The molecule has 0 unspecified atom stereocenters. The van der Waals surface area contributed by atoms with E-state index < -0.39 is 11.9 Å². The lowest BCUT2D eigenvalue weighted by molar-refractivity contribution is -0.156. The lowest BCUT2D eigenvalue weighted by atomic mass is 10.5. The fraction of sp³-hybridized carbons (Fsp3) is 0.500. The molecule has 0 heterocycles. The molecule has 0 aromatic rings. The van der Waals surface area contributed by atoms with Crippen molar-refractivity contribution < 1.29 is 23.9 Å². The quantitative estimate of drug-likeness (QED) is 0.414. The van der Waals surface area contributed by atoms with E-state index in [1.165, 1.54) is 37.5 Å². The average molecular weight is 324 g/mol. The van der Waals surface area contributed by atoms with E-state index in [-0.39, 0.29) is 11.8 Å². The standard InChI is InChI=1S/2C6H9NO.C4H6O3/c2*1-4-5-7(3)6(2)8;1-3(5)7-4(2)6/h2*1H,5H2,2-3H3;1-2H3. The van der Waals surface area contributed by atoms with Crippen LogP contribution in [0.3, 0.4) is 0 Å². The molecule has 0 radical (unpaired) electrons. The van der Waals surface area contributed by atoms with Crippen LogP contribution in [0, 0.1) is 24.7 Å². The highest BCUT2D eigenvalue weighted by atomic mass is 16.6. The molecule has 0 N–H and O–H groups in total. The second kappa shape index (κ2) is 15.6. The molecule has 23 heavy (non-hydrogen) atoms. The van der Waals surface area contributed by atoms with E-state index in [4.69, 9.17) is 12.8 Å². The number of esters is 2. The maximum atomic E-state index is 10.4. The highest BCUT2D eigenvalue weighted by Crippen LogP contribution is 1.79. The topological polar surface area (TPSA) is 84.0 Å². The molecule has 0 aliphatic carbocycles. The first kappa shape index (κ1) is 25.2. The zero-order valence-electron chi connectivity index (χ0n) is 14.5. The third-order valence-corrected chi connectivity index (χ3v) is 2.02. The van der Waals surface area contributed by atoms with Gasteiger partial charge in [-0.3, -0.25) is 19.2 Å². The van der Waals surface area contributed by atoms with Crippen molar-refractivity contribution in [3.8, 4) is 24.7 Å². The fourth-order valence-corrected chi connectivity index (χ4v) is 0.699. The summed E-state index contributed by atoms with van der Waals surface area (Å²) in [5, 5.41) is 0. The fourth-order valence-electron chi connectivity index (χ4n) is 0.699. The van der Waals surface area contributed by atoms with Gasteiger partial charge in [0.2, 0.25) is 11.8 Å². The summed E-state index contributed by atoms with van der Waals surface area (Å²) in [4.78, 5) is 43.3. The van der Waals surface area contributed by atoms with Gasteiger partial charge in [0.15, 0.2) is 0 Å². The monoisotopic (exact) mass is 324 g/mol. The van der Waals surface area contributed by atoms with Crippen LogP contribution in [-0.2, 0) is 23.9 Å². The number of carbonyl (C=O) groups is 4. The molecule has 128 valence electrons. The van der Waals surface area contributed by atoms with Crippen molar-refractivity contribution in [1.29, 1.82) is 0 Å². The Labute approximate surface area is 138 Å². The molecule has 7 heteroatoms. The molecular weight excluding hydrogens is 300 g/mol. The Morgan fingerprint density at radius 1 is 0.783 bits per heavy atom. The van der Waals surface area contributed by atoms with Gasteiger partial charge >= 0.3 is 11.9 Å². The number of terminal acetylenes is 2. The Balaban J connectivity index is -0.000000262. The normalized spacial score (nSPS) is 7.65. The van der Waals surface area contributed by atoms with Gasteiger partial charge < -0.3 is 14.5 Å². The lowest BCUT2D eigenvalue weighted by Crippen LogP contribution is -2.23. The molecule has 0 aromatic heterocycles. The van der Waals surface area contributed by atoms with E-state index in [1.54, 1.807) is 14.1 Å². The highest BCUT2D eigenvalue weighted by Gasteiger charge is 1.96. The van der Waals surface area contributed by atoms with Crippen molar-refractivity contribution >= 4 is 23.8 Å². The Hall–Kier alpha value is -2.80. The molecule has 0 spiro atoms. The van der Waals surface area contributed by atoms with Crippen LogP contribution in [0.1, 0.15) is 27.7 Å². The van der Waals surface area contributed by atoms with E-state index in [2.05, 4.69) is 16.6 Å². The summed E-state index contributed by atoms with van der Waals surface area (Å²) in [5.41, 5.74) is 0. The van der Waals surface area contributed by atoms with Crippen molar-refractivity contribution in [3.05, 3.63) is 0 Å². The van der Waals surface area contributed by atoms with Gasteiger partial charge in [-0.1, -0.05) is 11.8 Å². The second-order valence-corrected chi connectivity index (χ2v) is 4.24. The number of hydrogen-bond donors (Lipinski definition) is 0. The van der Waals surface area contributed by atoms with Gasteiger partial charge in [-0.05, 0) is 0 Å². The van der Waals surface area contributed by atoms with Crippen LogP contribution in [0.4, 0.5) is 0 Å². The smallest absolute Gasteiger partial charge is 0.310 e. The lowest BCUT2D eigenvalue weighted by Gasteiger charge is -2.08. The summed E-state index contributed by atoms with van der Waals surface area (Å²) < 4.78 is 3.97. The second-order valence-electron chi connectivity index (χ2n) is 4.24. The third-order valence-electron chi connectivity index (χ3n) is 2.02. The van der Waals surface area contributed by atoms with Crippen LogP contribution in [0.2, 0.25) is 0 Å². The number of hydrogen-bond acceptors (Lipinski definition) is 5. The molecule has 0 aliphatic rings. The minimum Gasteiger partial charge on any atom is -0.394 e. The van der Waals surface area contributed by atoms with Crippen LogP contribution in [-0.4, -0.2) is 60.7 Å². The van der Waals surface area contributed by atoms with Crippen LogP contribution >= 0.6 is 0 Å². The molecule has 0 bridgehead atoms. The maximum Gasteiger partial charge on any atom is 0.310 e. The first-order valence-corrected chi connectivity index (χ1v) is 6.48. The summed E-state index contributed by atoms with van der Waals surface area (Å²) in [6.07, 6.45) is 9.85. The first-order valence-electron chi connectivity index (χ1n) is 6.48. The summed E-state index contributed by atoms with van der Waals surface area (Å²) in [7, 11) is 3.34. The van der Waals surface area contributed by atoms with Crippen molar-refractivity contribution in [1.82, 2.24) is 9.80 Å². The van der Waals surface area contributed by atoms with Crippen molar-refractivity contribution in [3.63, 3.8) is 0 Å². The number of nitrogens with zero attached hydrogens (tertiary/aromatic N) is 2. The Bertz CT molecular complexity index is 442. The van der Waals surface area contributed by atoms with Crippen LogP contribution in [0.25, 0.3) is 0 Å². The van der Waals surface area contributed by atoms with Crippen molar-refractivity contribution in [2.24, 2.45) is 0 Å². The molecule has 0 saturated heterocycles. The van der Waals surface area contributed by atoms with E-state index in [0.717, 1.165) is 0 Å². The molecule has 0 atom stereocenters. The minimum absolute atomic E-state index is 0.00273. The van der Waals surface area contributed by atoms with Crippen LogP contribution in [0.5, 0.6) is 0 Å². The Morgan fingerprint density at radius 2 is 1.04 bits per heavy atom. The molecule has 0 aliphatic heterocycles. The zero-order valence-corrected chi connectivity index (χ0v) is 14.5. The average Bonchev–Trinajstić information content (AvgIpc) is 2.38. The molecule has 0 rings (SSSR count). The molecule has 0 fully saturated rings. The SMILES string of the molecule is C#CCN(C)C(C)=O.C#CCN(C)C(C)=O.CC(=O)OC(C)=O. The summed E-state index contributed by atoms with van der Waals surface area (Å²) >= 11 is 0. The largest absolute Gasteiger partial charge is 0.394 e. The van der Waals surface area contributed by atoms with Crippen molar-refractivity contribution in [2.45, 2.75) is 27.7 Å². The summed E-state index contributed by atoms with van der Waals surface area (Å²) in [5.74, 6) is 3.59. The van der Waals surface area contributed by atoms with Crippen LogP contribution in [0.15, 0.2) is 0 Å². The zero-order chi connectivity index (χ0) is 19.0. The van der Waals surface area contributed by atoms with Gasteiger partial charge in [0, 0.05) is 41.8 Å². The van der Waals surface area contributed by atoms with Gasteiger partial charge in [-0.25, -0.2) is 0 Å². The van der Waals surface area contributed by atoms with Crippen molar-refractivity contribution in [2.75, 3.05) is 27.2 Å². The van der Waals surface area contributed by atoms with Crippen LogP contribution < -0.4 is 0 Å². The van der Waals surface area contributed by atoms with Gasteiger partial charge in [0.05, 0.1) is 13.1 Å². The van der Waals surface area contributed by atoms with Gasteiger partial charge in [0.1, 0.15) is 0 Å². The molecular formula is C16H24N2O5. The Morgan fingerprint density at radius 3 is 1.09 bits per heavy atom. The predicted molar refractivity (Wildman–Crippen MR) is 86.7 cm³/mol. The molecule has 2 amide bonds. The molecule has 7 nitrogen and oxygen atoms in total. The Kier molecular flexibility index (Phi) is 17.1. The van der Waals surface area contributed by atoms with E-state index in [0.29, 0.717) is 13.1 Å². The summed E-state index contributed by atoms with van der Waals surface area (Å²) in [6, 6.07) is 0. The van der Waals surface area contributed by atoms with Gasteiger partial charge in [0.25, 0.3) is 0 Å². The van der Waals surface area contributed by atoms with E-state index in [9.17, 15) is 19.2 Å². The van der Waals surface area contributed by atoms with E-state index >= 15 is 0 Å². The first-order chi connectivity index (χ1) is 10.5. The minimum atomic E-state index is -0.562. The number of carbonyl (C=O) groups excluding carboxylic acids is 4. The number of ether oxygens (including phenoxy) is 1. The van der Waals surface area contributed by atoms with E-state index in [1.807, 2.05) is 0 Å². The highest BCUT2D eigenvalue weighted by molar-refractivity contribution is 5.82. The van der Waals surface area contributed by atoms with Gasteiger partial charge in [-0.15, -0.1) is 12.8 Å². The number of rotatable bonds is 2. The third kappa shape index (κ3) is 24.6.